The number of nitrogens with zero attached hydrogens (tertiary/aromatic N) is 8. The molecule has 1 saturated heterocycles. The number of hydrogen-bond acceptors (Lipinski definition) is 7. The number of alkyl halides is 3. The first kappa shape index (κ1) is 18.1. The van der Waals surface area contributed by atoms with Gasteiger partial charge in [0.05, 0.1) is 0 Å². The van der Waals surface area contributed by atoms with Gasteiger partial charge in [-0.25, -0.2) is 24.6 Å². The lowest BCUT2D eigenvalue weighted by atomic mass is 10.2. The smallest absolute Gasteiger partial charge is 0.353 e. The fourth-order valence-electron chi connectivity index (χ4n) is 3.06. The summed E-state index contributed by atoms with van der Waals surface area (Å²) < 4.78 is 40.7. The maximum Gasteiger partial charge on any atom is 0.433 e. The molecule has 1 aliphatic rings. The first-order valence-electron chi connectivity index (χ1n) is 8.65. The summed E-state index contributed by atoms with van der Waals surface area (Å²) in [5, 5.41) is 4.15. The highest BCUT2D eigenvalue weighted by Crippen LogP contribution is 2.30. The highest BCUT2D eigenvalue weighted by Gasteiger charge is 2.34. The number of piperazine rings is 1. The first-order valence-corrected chi connectivity index (χ1v) is 8.65. The Labute approximate surface area is 158 Å². The van der Waals surface area contributed by atoms with Crippen LogP contribution in [-0.4, -0.2) is 55.9 Å². The molecule has 0 N–H and O–H groups in total. The molecule has 0 amide bonds. The standard InChI is InChI=1S/C17H17F3N8/c1-12-24-13(17(18,19)20)9-16(25-12)27-7-5-26(6-8-27)14-10-15(22-11-21-14)28-4-2-3-23-28/h2-4,9-11H,5-8H2,1H3. The monoisotopic (exact) mass is 390 g/mol. The molecular weight excluding hydrogens is 373 g/mol. The second-order valence-electron chi connectivity index (χ2n) is 6.32. The summed E-state index contributed by atoms with van der Waals surface area (Å²) in [4.78, 5) is 20.1. The molecule has 28 heavy (non-hydrogen) atoms. The van der Waals surface area contributed by atoms with E-state index in [1.54, 1.807) is 23.1 Å². The Morgan fingerprint density at radius 1 is 0.893 bits per heavy atom. The van der Waals surface area contributed by atoms with Gasteiger partial charge >= 0.3 is 6.18 Å². The number of aryl methyl sites for hydroxylation is 1. The van der Waals surface area contributed by atoms with Gasteiger partial charge in [-0.2, -0.15) is 18.3 Å². The van der Waals surface area contributed by atoms with Gasteiger partial charge < -0.3 is 9.80 Å². The maximum atomic E-state index is 13.0. The Morgan fingerprint density at radius 3 is 2.21 bits per heavy atom. The second kappa shape index (κ2) is 7.06. The van der Waals surface area contributed by atoms with Crippen LogP contribution in [0.15, 0.2) is 36.9 Å². The molecule has 0 saturated carbocycles. The Balaban J connectivity index is 1.48. The van der Waals surface area contributed by atoms with Crippen LogP contribution in [0.5, 0.6) is 0 Å². The third kappa shape index (κ3) is 3.73. The minimum atomic E-state index is -4.49. The summed E-state index contributed by atoms with van der Waals surface area (Å²) in [5.41, 5.74) is -0.919. The average Bonchev–Trinajstić information content (AvgIpc) is 3.22. The molecule has 11 heteroatoms. The van der Waals surface area contributed by atoms with Gasteiger partial charge in [0, 0.05) is 50.7 Å². The van der Waals surface area contributed by atoms with Crippen molar-refractivity contribution in [3.05, 3.63) is 48.4 Å². The van der Waals surface area contributed by atoms with Crippen LogP contribution in [0, 0.1) is 6.92 Å². The van der Waals surface area contributed by atoms with Crippen LogP contribution in [0.2, 0.25) is 0 Å². The van der Waals surface area contributed by atoms with Crippen LogP contribution in [0.3, 0.4) is 0 Å². The fourth-order valence-corrected chi connectivity index (χ4v) is 3.06. The van der Waals surface area contributed by atoms with Crippen molar-refractivity contribution < 1.29 is 13.2 Å². The molecule has 146 valence electrons. The summed E-state index contributed by atoms with van der Waals surface area (Å²) in [6.45, 7) is 3.70. The van der Waals surface area contributed by atoms with Crippen LogP contribution in [0.1, 0.15) is 11.5 Å². The van der Waals surface area contributed by atoms with Crippen molar-refractivity contribution in [3.63, 3.8) is 0 Å². The van der Waals surface area contributed by atoms with Crippen LogP contribution in [-0.2, 0) is 6.18 Å². The number of rotatable bonds is 3. The predicted octanol–water partition coefficient (Wildman–Crippen LogP) is 2.11. The van der Waals surface area contributed by atoms with E-state index in [2.05, 4.69) is 29.9 Å². The molecular formula is C17H17F3N8. The number of aromatic nitrogens is 6. The maximum absolute atomic E-state index is 13.0. The second-order valence-corrected chi connectivity index (χ2v) is 6.32. The van der Waals surface area contributed by atoms with Gasteiger partial charge in [0.1, 0.15) is 29.5 Å². The lowest BCUT2D eigenvalue weighted by molar-refractivity contribution is -0.141. The molecule has 3 aromatic heterocycles. The van der Waals surface area contributed by atoms with Crippen LogP contribution >= 0.6 is 0 Å². The van der Waals surface area contributed by atoms with Crippen LogP contribution < -0.4 is 9.80 Å². The molecule has 0 unspecified atom stereocenters. The number of hydrogen-bond donors (Lipinski definition) is 0. The van der Waals surface area contributed by atoms with E-state index in [0.717, 1.165) is 11.9 Å². The molecule has 0 bridgehead atoms. The highest BCUT2D eigenvalue weighted by atomic mass is 19.4. The van der Waals surface area contributed by atoms with Gasteiger partial charge in [0.25, 0.3) is 0 Å². The van der Waals surface area contributed by atoms with Crippen molar-refractivity contribution in [3.8, 4) is 5.82 Å². The zero-order valence-electron chi connectivity index (χ0n) is 15.0. The molecule has 0 spiro atoms. The molecule has 0 radical (unpaired) electrons. The lowest BCUT2D eigenvalue weighted by Crippen LogP contribution is -2.47. The highest BCUT2D eigenvalue weighted by molar-refractivity contribution is 5.47. The van der Waals surface area contributed by atoms with Crippen molar-refractivity contribution >= 4 is 11.6 Å². The number of halogens is 3. The van der Waals surface area contributed by atoms with Gasteiger partial charge in [-0.15, -0.1) is 0 Å². The molecule has 0 aliphatic carbocycles. The topological polar surface area (TPSA) is 75.9 Å². The van der Waals surface area contributed by atoms with Crippen molar-refractivity contribution in [2.45, 2.75) is 13.1 Å². The predicted molar refractivity (Wildman–Crippen MR) is 95.4 cm³/mol. The Kier molecular flexibility index (Phi) is 4.57. The summed E-state index contributed by atoms with van der Waals surface area (Å²) in [7, 11) is 0. The van der Waals surface area contributed by atoms with Gasteiger partial charge in [-0.05, 0) is 13.0 Å². The quantitative estimate of drug-likeness (QED) is 0.678. The van der Waals surface area contributed by atoms with Crippen molar-refractivity contribution in [1.82, 2.24) is 29.7 Å². The molecule has 0 atom stereocenters. The SMILES string of the molecule is Cc1nc(N2CCN(c3cc(-n4cccn4)ncn3)CC2)cc(C(F)(F)F)n1. The normalized spacial score (nSPS) is 15.1. The van der Waals surface area contributed by atoms with E-state index in [4.69, 9.17) is 0 Å². The third-order valence-corrected chi connectivity index (χ3v) is 4.42. The average molecular weight is 390 g/mol. The Bertz CT molecular complexity index is 949. The molecule has 1 aliphatic heterocycles. The van der Waals surface area contributed by atoms with Gasteiger partial charge in [0.2, 0.25) is 0 Å². The van der Waals surface area contributed by atoms with E-state index in [9.17, 15) is 13.2 Å². The van der Waals surface area contributed by atoms with Crippen LogP contribution in [0.4, 0.5) is 24.8 Å². The zero-order valence-corrected chi connectivity index (χ0v) is 15.0. The van der Waals surface area contributed by atoms with E-state index in [0.29, 0.717) is 37.8 Å². The Morgan fingerprint density at radius 2 is 1.57 bits per heavy atom. The Hall–Kier alpha value is -3.24. The minimum absolute atomic E-state index is 0.104. The van der Waals surface area contributed by atoms with Crippen molar-refractivity contribution in [2.24, 2.45) is 0 Å². The molecule has 4 heterocycles. The molecule has 0 aromatic carbocycles. The first-order chi connectivity index (χ1) is 13.4. The number of anilines is 2. The van der Waals surface area contributed by atoms with E-state index >= 15 is 0 Å². The van der Waals surface area contributed by atoms with E-state index < -0.39 is 11.9 Å². The van der Waals surface area contributed by atoms with E-state index in [-0.39, 0.29) is 5.82 Å². The largest absolute Gasteiger partial charge is 0.433 e. The van der Waals surface area contributed by atoms with Crippen LogP contribution in [0.25, 0.3) is 5.82 Å². The zero-order chi connectivity index (χ0) is 19.7. The summed E-state index contributed by atoms with van der Waals surface area (Å²) in [5.74, 6) is 1.79. The molecule has 4 rings (SSSR count). The van der Waals surface area contributed by atoms with Crippen molar-refractivity contribution in [2.75, 3.05) is 36.0 Å². The summed E-state index contributed by atoms with van der Waals surface area (Å²) in [6.07, 6.45) is 0.440. The van der Waals surface area contributed by atoms with Gasteiger partial charge in [-0.3, -0.25) is 0 Å². The fraction of sp³-hybridized carbons (Fsp3) is 0.353. The molecule has 3 aromatic rings. The van der Waals surface area contributed by atoms with E-state index in [1.165, 1.54) is 13.3 Å². The van der Waals surface area contributed by atoms with Crippen molar-refractivity contribution in [1.29, 1.82) is 0 Å². The molecule has 1 fully saturated rings. The lowest BCUT2D eigenvalue weighted by Gasteiger charge is -2.36. The third-order valence-electron chi connectivity index (χ3n) is 4.42. The molecule has 8 nitrogen and oxygen atoms in total. The van der Waals surface area contributed by atoms with Gasteiger partial charge in [-0.1, -0.05) is 0 Å². The van der Waals surface area contributed by atoms with E-state index in [1.807, 2.05) is 11.0 Å². The summed E-state index contributed by atoms with van der Waals surface area (Å²) >= 11 is 0. The summed E-state index contributed by atoms with van der Waals surface area (Å²) in [6, 6.07) is 4.64. The van der Waals surface area contributed by atoms with Gasteiger partial charge in [0.15, 0.2) is 5.82 Å². The minimum Gasteiger partial charge on any atom is -0.353 e.